The van der Waals surface area contributed by atoms with E-state index in [0.29, 0.717) is 37.9 Å². The SMILES string of the molecule is O=C(COC(=O)c1cc(-c2ccc(N3C(=O)C4C5CC(C(Br)C5Br)C4C3=O)cc2)nc2ccc(Cl)cc12)c1ccc(Cl)cc1Cl. The zero-order valence-corrected chi connectivity index (χ0v) is 28.5. The van der Waals surface area contributed by atoms with E-state index in [1.165, 1.54) is 23.1 Å². The summed E-state index contributed by atoms with van der Waals surface area (Å²) < 4.78 is 5.41. The highest BCUT2D eigenvalue weighted by Gasteiger charge is 2.66. The quantitative estimate of drug-likeness (QED) is 0.0847. The predicted octanol–water partition coefficient (Wildman–Crippen LogP) is 8.18. The molecule has 228 valence electrons. The molecule has 0 N–H and O–H groups in total. The van der Waals surface area contributed by atoms with Gasteiger partial charge in [0.15, 0.2) is 6.61 Å². The minimum atomic E-state index is -0.745. The van der Waals surface area contributed by atoms with Crippen molar-refractivity contribution in [1.29, 1.82) is 0 Å². The predicted molar refractivity (Wildman–Crippen MR) is 180 cm³/mol. The maximum Gasteiger partial charge on any atom is 0.339 e. The van der Waals surface area contributed by atoms with E-state index in [1.54, 1.807) is 48.5 Å². The molecule has 2 heterocycles. The summed E-state index contributed by atoms with van der Waals surface area (Å²) in [5, 5.41) is 1.38. The van der Waals surface area contributed by atoms with E-state index >= 15 is 0 Å². The number of hydrogen-bond donors (Lipinski definition) is 0. The molecule has 3 aliphatic rings. The van der Waals surface area contributed by atoms with Crippen molar-refractivity contribution in [3.05, 3.63) is 92.9 Å². The molecule has 1 aliphatic heterocycles. The number of esters is 1. The average Bonchev–Trinajstić information content (AvgIpc) is 3.64. The first-order valence-electron chi connectivity index (χ1n) is 14.1. The van der Waals surface area contributed by atoms with Crippen LogP contribution in [-0.2, 0) is 14.3 Å². The van der Waals surface area contributed by atoms with E-state index in [1.807, 2.05) is 0 Å². The van der Waals surface area contributed by atoms with Gasteiger partial charge in [0.25, 0.3) is 0 Å². The van der Waals surface area contributed by atoms with Gasteiger partial charge in [-0.15, -0.1) is 0 Å². The average molecular weight is 792 g/mol. The van der Waals surface area contributed by atoms with Crippen molar-refractivity contribution >= 4 is 107 Å². The standard InChI is InChI=1S/C33H21Br2Cl3N2O5/c34-29-21-11-22(30(29)35)28-27(21)31(42)40(32(28)43)17-5-1-14(2-6-17)25-12-20(19-9-15(36)4-8-24(19)39-25)33(44)45-13-26(41)18-7-3-16(37)10-23(18)38/h1-10,12,21-22,27-30H,11,13H2. The zero-order valence-electron chi connectivity index (χ0n) is 23.1. The van der Waals surface area contributed by atoms with Crippen LogP contribution in [0.25, 0.3) is 22.2 Å². The van der Waals surface area contributed by atoms with Crippen LogP contribution in [0.3, 0.4) is 0 Å². The second-order valence-corrected chi connectivity index (χ2v) is 14.8. The number of hydrogen-bond acceptors (Lipinski definition) is 6. The van der Waals surface area contributed by atoms with Gasteiger partial charge in [-0.2, -0.15) is 0 Å². The highest BCUT2D eigenvalue weighted by molar-refractivity contribution is 9.12. The van der Waals surface area contributed by atoms with E-state index in [2.05, 4.69) is 31.9 Å². The van der Waals surface area contributed by atoms with Crippen LogP contribution in [0.4, 0.5) is 5.69 Å². The number of ether oxygens (including phenoxy) is 1. The Morgan fingerprint density at radius 1 is 0.822 bits per heavy atom. The topological polar surface area (TPSA) is 93.6 Å². The van der Waals surface area contributed by atoms with Gasteiger partial charge in [-0.3, -0.25) is 19.3 Å². The maximum absolute atomic E-state index is 13.5. The molecule has 6 unspecified atom stereocenters. The lowest BCUT2D eigenvalue weighted by atomic mass is 9.81. The third kappa shape index (κ3) is 5.21. The highest BCUT2D eigenvalue weighted by Crippen LogP contribution is 2.60. The van der Waals surface area contributed by atoms with Gasteiger partial charge < -0.3 is 4.74 Å². The fourth-order valence-corrected chi connectivity index (χ4v) is 9.46. The number of imide groups is 1. The summed E-state index contributed by atoms with van der Waals surface area (Å²) in [5.74, 6) is -1.93. The number of rotatable bonds is 6. The van der Waals surface area contributed by atoms with E-state index < -0.39 is 18.4 Å². The number of carbonyl (C=O) groups is 4. The number of fused-ring (bicyclic) bond motifs is 6. The summed E-state index contributed by atoms with van der Waals surface area (Å²) in [6.45, 7) is -0.540. The molecule has 2 saturated carbocycles. The molecule has 2 aliphatic carbocycles. The summed E-state index contributed by atoms with van der Waals surface area (Å²) in [7, 11) is 0. The van der Waals surface area contributed by atoms with Crippen molar-refractivity contribution in [2.24, 2.45) is 23.7 Å². The Balaban J connectivity index is 1.16. The molecule has 0 radical (unpaired) electrons. The van der Waals surface area contributed by atoms with Crippen LogP contribution in [0.15, 0.2) is 66.7 Å². The molecule has 2 amide bonds. The van der Waals surface area contributed by atoms with Crippen LogP contribution in [0.1, 0.15) is 27.1 Å². The lowest BCUT2D eigenvalue weighted by molar-refractivity contribution is -0.123. The number of anilines is 1. The molecule has 0 spiro atoms. The van der Waals surface area contributed by atoms with Gasteiger partial charge >= 0.3 is 5.97 Å². The maximum atomic E-state index is 13.5. The van der Waals surface area contributed by atoms with Crippen molar-refractivity contribution in [3.8, 4) is 11.3 Å². The van der Waals surface area contributed by atoms with Crippen LogP contribution >= 0.6 is 66.7 Å². The Hall–Kier alpha value is -2.82. The Morgan fingerprint density at radius 3 is 2.09 bits per heavy atom. The number of ketones is 1. The van der Waals surface area contributed by atoms with Gasteiger partial charge in [0.05, 0.1) is 39.3 Å². The van der Waals surface area contributed by atoms with E-state index in [-0.39, 0.29) is 61.3 Å². The van der Waals surface area contributed by atoms with E-state index in [0.717, 1.165) is 6.42 Å². The van der Waals surface area contributed by atoms with Crippen LogP contribution in [-0.4, -0.2) is 44.8 Å². The number of aromatic nitrogens is 1. The number of benzene rings is 3. The van der Waals surface area contributed by atoms with Crippen molar-refractivity contribution in [1.82, 2.24) is 4.98 Å². The van der Waals surface area contributed by atoms with Crippen molar-refractivity contribution in [3.63, 3.8) is 0 Å². The molecule has 1 saturated heterocycles. The smallest absolute Gasteiger partial charge is 0.339 e. The highest BCUT2D eigenvalue weighted by atomic mass is 79.9. The third-order valence-corrected chi connectivity index (χ3v) is 13.0. The Labute approximate surface area is 289 Å². The minimum absolute atomic E-state index is 0.122. The minimum Gasteiger partial charge on any atom is -0.454 e. The molecule has 3 aromatic carbocycles. The first kappa shape index (κ1) is 30.8. The first-order valence-corrected chi connectivity index (χ1v) is 17.0. The van der Waals surface area contributed by atoms with Crippen molar-refractivity contribution in [2.75, 3.05) is 11.5 Å². The van der Waals surface area contributed by atoms with Crippen LogP contribution in [0.5, 0.6) is 0 Å². The lowest BCUT2D eigenvalue weighted by Crippen LogP contribution is -2.37. The Morgan fingerprint density at radius 2 is 1.44 bits per heavy atom. The number of amides is 2. The van der Waals surface area contributed by atoms with Crippen LogP contribution in [0, 0.1) is 23.7 Å². The molecule has 7 rings (SSSR count). The van der Waals surface area contributed by atoms with Gasteiger partial charge in [-0.25, -0.2) is 9.78 Å². The molecule has 12 heteroatoms. The molecular formula is C33H21Br2Cl3N2O5. The number of pyridine rings is 1. The monoisotopic (exact) mass is 788 g/mol. The molecule has 1 aromatic heterocycles. The molecule has 45 heavy (non-hydrogen) atoms. The van der Waals surface area contributed by atoms with E-state index in [4.69, 9.17) is 44.5 Å². The van der Waals surface area contributed by atoms with Gasteiger partial charge in [0.2, 0.25) is 17.6 Å². The second-order valence-electron chi connectivity index (χ2n) is 11.4. The van der Waals surface area contributed by atoms with E-state index in [9.17, 15) is 19.2 Å². The van der Waals surface area contributed by atoms with Crippen molar-refractivity contribution < 1.29 is 23.9 Å². The molecular weight excluding hydrogens is 771 g/mol. The number of halogens is 5. The first-order chi connectivity index (χ1) is 21.5. The summed E-state index contributed by atoms with van der Waals surface area (Å²) in [6, 6.07) is 17.9. The Kier molecular flexibility index (Phi) is 8.05. The van der Waals surface area contributed by atoms with Gasteiger partial charge in [0.1, 0.15) is 0 Å². The number of nitrogens with zero attached hydrogens (tertiary/aromatic N) is 2. The molecule has 3 fully saturated rings. The van der Waals surface area contributed by atoms with Gasteiger partial charge in [0, 0.05) is 36.2 Å². The van der Waals surface area contributed by atoms with Crippen LogP contribution in [0.2, 0.25) is 15.1 Å². The number of carbonyl (C=O) groups excluding carboxylic acids is 4. The zero-order chi connectivity index (χ0) is 31.7. The normalized spacial score (nSPS) is 25.2. The molecule has 6 atom stereocenters. The lowest BCUT2D eigenvalue weighted by Gasteiger charge is -2.28. The summed E-state index contributed by atoms with van der Waals surface area (Å²) in [4.78, 5) is 59.4. The summed E-state index contributed by atoms with van der Waals surface area (Å²) in [5.41, 5.74) is 2.43. The second kappa shape index (κ2) is 11.8. The van der Waals surface area contributed by atoms with Gasteiger partial charge in [-0.05, 0) is 72.9 Å². The largest absolute Gasteiger partial charge is 0.454 e. The summed E-state index contributed by atoms with van der Waals surface area (Å²) in [6.07, 6.45) is 0.859. The summed E-state index contributed by atoms with van der Waals surface area (Å²) >= 11 is 25.8. The molecule has 2 bridgehead atoms. The number of Topliss-reactive ketones (excluding diaryl/α,β-unsaturated/α-hetero) is 1. The third-order valence-electron chi connectivity index (χ3n) is 8.96. The number of alkyl halides is 2. The fourth-order valence-electron chi connectivity index (χ4n) is 6.90. The molecule has 4 aromatic rings. The fraction of sp³-hybridized carbons (Fsp3) is 0.242. The molecule has 7 nitrogen and oxygen atoms in total. The Bertz CT molecular complexity index is 1910. The van der Waals surface area contributed by atoms with Gasteiger partial charge in [-0.1, -0.05) is 78.8 Å². The van der Waals surface area contributed by atoms with Crippen LogP contribution < -0.4 is 4.90 Å². The van der Waals surface area contributed by atoms with Crippen molar-refractivity contribution in [2.45, 2.75) is 16.1 Å².